The summed E-state index contributed by atoms with van der Waals surface area (Å²) >= 11 is 5.76. The van der Waals surface area contributed by atoms with Crippen molar-refractivity contribution in [1.29, 1.82) is 0 Å². The average Bonchev–Trinajstić information content (AvgIpc) is 2.56. The van der Waals surface area contributed by atoms with Crippen molar-refractivity contribution in [3.63, 3.8) is 0 Å². The highest BCUT2D eigenvalue weighted by Gasteiger charge is 2.31. The van der Waals surface area contributed by atoms with Crippen LogP contribution in [0.15, 0.2) is 17.1 Å². The highest BCUT2D eigenvalue weighted by molar-refractivity contribution is 6.32. The summed E-state index contributed by atoms with van der Waals surface area (Å²) in [5, 5.41) is 2.45. The number of aryl methyl sites for hydroxylation is 1. The van der Waals surface area contributed by atoms with E-state index in [4.69, 9.17) is 11.6 Å². The third-order valence-electron chi connectivity index (χ3n) is 2.73. The van der Waals surface area contributed by atoms with Crippen molar-refractivity contribution >= 4 is 11.6 Å². The molecule has 4 nitrogen and oxygen atoms in total. The molecule has 0 saturated heterocycles. The normalized spacial score (nSPS) is 11.9. The van der Waals surface area contributed by atoms with Gasteiger partial charge < -0.3 is 0 Å². The topological polar surface area (TPSA) is 50.7 Å². The Kier molecular flexibility index (Phi) is 3.17. The predicted octanol–water partition coefficient (Wildman–Crippen LogP) is 2.85. The van der Waals surface area contributed by atoms with Gasteiger partial charge in [-0.25, -0.2) is 4.98 Å². The Balaban J connectivity index is 2.59. The van der Waals surface area contributed by atoms with Gasteiger partial charge in [0.1, 0.15) is 0 Å². The number of halogens is 4. The standard InChI is InChI=1S/C11H9ClF3N3O/c1-5-6(2)17-18(10(5)19)9-8(12)3-7(4-16-9)11(13,14)15/h3-4,17H,1-2H3. The van der Waals surface area contributed by atoms with E-state index in [2.05, 4.69) is 10.1 Å². The van der Waals surface area contributed by atoms with Crippen LogP contribution in [0.3, 0.4) is 0 Å². The van der Waals surface area contributed by atoms with Gasteiger partial charge in [0.2, 0.25) is 0 Å². The van der Waals surface area contributed by atoms with Crippen LogP contribution in [-0.2, 0) is 6.18 Å². The molecule has 102 valence electrons. The van der Waals surface area contributed by atoms with E-state index in [0.29, 0.717) is 17.5 Å². The van der Waals surface area contributed by atoms with Crippen LogP contribution in [-0.4, -0.2) is 14.8 Å². The van der Waals surface area contributed by atoms with E-state index in [9.17, 15) is 18.0 Å². The van der Waals surface area contributed by atoms with Crippen molar-refractivity contribution < 1.29 is 13.2 Å². The number of hydrogen-bond acceptors (Lipinski definition) is 2. The molecule has 0 spiro atoms. The second kappa shape index (κ2) is 4.41. The molecule has 0 unspecified atom stereocenters. The van der Waals surface area contributed by atoms with Gasteiger partial charge in [-0.05, 0) is 19.9 Å². The van der Waals surface area contributed by atoms with E-state index >= 15 is 0 Å². The molecule has 1 N–H and O–H groups in total. The third kappa shape index (κ3) is 2.37. The molecular formula is C11H9ClF3N3O. The fourth-order valence-corrected chi connectivity index (χ4v) is 1.78. The molecule has 8 heteroatoms. The lowest BCUT2D eigenvalue weighted by Gasteiger charge is -2.09. The molecule has 0 aliphatic carbocycles. The van der Waals surface area contributed by atoms with Crippen molar-refractivity contribution in [3.8, 4) is 5.82 Å². The first-order valence-electron chi connectivity index (χ1n) is 5.23. The number of aromatic amines is 1. The van der Waals surface area contributed by atoms with Crippen molar-refractivity contribution in [2.24, 2.45) is 0 Å². The van der Waals surface area contributed by atoms with Gasteiger partial charge in [0, 0.05) is 17.5 Å². The Morgan fingerprint density at radius 1 is 1.37 bits per heavy atom. The van der Waals surface area contributed by atoms with Crippen LogP contribution >= 0.6 is 11.6 Å². The van der Waals surface area contributed by atoms with Gasteiger partial charge in [0.25, 0.3) is 5.56 Å². The van der Waals surface area contributed by atoms with Gasteiger partial charge in [-0.3, -0.25) is 9.89 Å². The maximum Gasteiger partial charge on any atom is 0.417 e. The number of aromatic nitrogens is 3. The van der Waals surface area contributed by atoms with Crippen LogP contribution in [0.5, 0.6) is 0 Å². The van der Waals surface area contributed by atoms with Gasteiger partial charge >= 0.3 is 6.18 Å². The summed E-state index contributed by atoms with van der Waals surface area (Å²) in [7, 11) is 0. The predicted molar refractivity (Wildman–Crippen MR) is 63.7 cm³/mol. The summed E-state index contributed by atoms with van der Waals surface area (Å²) in [6, 6.07) is 0.738. The highest BCUT2D eigenvalue weighted by atomic mass is 35.5. The second-order valence-electron chi connectivity index (χ2n) is 4.03. The first-order valence-corrected chi connectivity index (χ1v) is 5.61. The molecule has 0 aliphatic heterocycles. The molecule has 0 amide bonds. The van der Waals surface area contributed by atoms with Crippen LogP contribution in [0.4, 0.5) is 13.2 Å². The van der Waals surface area contributed by atoms with E-state index in [1.54, 1.807) is 13.8 Å². The number of nitrogens with one attached hydrogen (secondary N) is 1. The van der Waals surface area contributed by atoms with E-state index in [1.165, 1.54) is 0 Å². The average molecular weight is 292 g/mol. The molecule has 0 atom stereocenters. The fourth-order valence-electron chi connectivity index (χ4n) is 1.53. The van der Waals surface area contributed by atoms with Crippen LogP contribution in [0.25, 0.3) is 5.82 Å². The Morgan fingerprint density at radius 2 is 2.00 bits per heavy atom. The van der Waals surface area contributed by atoms with E-state index in [0.717, 1.165) is 10.7 Å². The Bertz CT molecular complexity index is 687. The van der Waals surface area contributed by atoms with E-state index in [1.807, 2.05) is 0 Å². The molecule has 0 fully saturated rings. The smallest absolute Gasteiger partial charge is 0.294 e. The molecule has 2 heterocycles. The monoisotopic (exact) mass is 291 g/mol. The van der Waals surface area contributed by atoms with Gasteiger partial charge in [0.15, 0.2) is 5.82 Å². The first-order chi connectivity index (χ1) is 8.71. The largest absolute Gasteiger partial charge is 0.417 e. The summed E-state index contributed by atoms with van der Waals surface area (Å²) in [6.45, 7) is 3.27. The van der Waals surface area contributed by atoms with Crippen LogP contribution in [0, 0.1) is 13.8 Å². The molecule has 0 aliphatic rings. The minimum absolute atomic E-state index is 0.0594. The zero-order valence-electron chi connectivity index (χ0n) is 9.97. The summed E-state index contributed by atoms with van der Waals surface area (Å²) in [6.07, 6.45) is -3.89. The quantitative estimate of drug-likeness (QED) is 0.878. The molecule has 2 aromatic heterocycles. The summed E-state index contributed by atoms with van der Waals surface area (Å²) < 4.78 is 38.4. The SMILES string of the molecule is Cc1[nH]n(-c2ncc(C(F)(F)F)cc2Cl)c(=O)c1C. The zero-order valence-corrected chi connectivity index (χ0v) is 10.7. The molecule has 0 bridgehead atoms. The van der Waals surface area contributed by atoms with Gasteiger partial charge in [0.05, 0.1) is 10.6 Å². The number of rotatable bonds is 1. The number of hydrogen-bond donors (Lipinski definition) is 1. The molecule has 2 aromatic rings. The lowest BCUT2D eigenvalue weighted by atomic mass is 10.3. The van der Waals surface area contributed by atoms with Crippen molar-refractivity contribution in [1.82, 2.24) is 14.8 Å². The molecule has 0 radical (unpaired) electrons. The third-order valence-corrected chi connectivity index (χ3v) is 3.00. The number of H-pyrrole nitrogens is 1. The zero-order chi connectivity index (χ0) is 14.4. The maximum absolute atomic E-state index is 12.5. The lowest BCUT2D eigenvalue weighted by molar-refractivity contribution is -0.137. The molecule has 2 rings (SSSR count). The van der Waals surface area contributed by atoms with Crippen molar-refractivity contribution in [2.75, 3.05) is 0 Å². The molecule has 0 saturated carbocycles. The van der Waals surface area contributed by atoms with E-state index in [-0.39, 0.29) is 10.8 Å². The van der Waals surface area contributed by atoms with Crippen LogP contribution < -0.4 is 5.56 Å². The van der Waals surface area contributed by atoms with Gasteiger partial charge in [-0.15, -0.1) is 0 Å². The highest BCUT2D eigenvalue weighted by Crippen LogP contribution is 2.31. The van der Waals surface area contributed by atoms with Gasteiger partial charge in [-0.2, -0.15) is 17.9 Å². The number of alkyl halides is 3. The first kappa shape index (κ1) is 13.7. The number of nitrogens with zero attached hydrogens (tertiary/aromatic N) is 2. The molecule has 0 aromatic carbocycles. The minimum atomic E-state index is -4.53. The molecule has 19 heavy (non-hydrogen) atoms. The lowest BCUT2D eigenvalue weighted by Crippen LogP contribution is -2.18. The van der Waals surface area contributed by atoms with Gasteiger partial charge in [-0.1, -0.05) is 11.6 Å². The minimum Gasteiger partial charge on any atom is -0.294 e. The Morgan fingerprint density at radius 3 is 2.42 bits per heavy atom. The molecular weight excluding hydrogens is 283 g/mol. The van der Waals surface area contributed by atoms with Crippen molar-refractivity contribution in [2.45, 2.75) is 20.0 Å². The number of pyridine rings is 1. The Hall–Kier alpha value is -1.76. The van der Waals surface area contributed by atoms with Crippen LogP contribution in [0.2, 0.25) is 5.02 Å². The second-order valence-corrected chi connectivity index (χ2v) is 4.44. The van der Waals surface area contributed by atoms with Crippen molar-refractivity contribution in [3.05, 3.63) is 44.5 Å². The fraction of sp³-hybridized carbons (Fsp3) is 0.273. The van der Waals surface area contributed by atoms with Crippen LogP contribution in [0.1, 0.15) is 16.8 Å². The summed E-state index contributed by atoms with van der Waals surface area (Å²) in [5.41, 5.74) is -0.304. The maximum atomic E-state index is 12.5. The Labute approximate surface area is 110 Å². The van der Waals surface area contributed by atoms with E-state index < -0.39 is 17.3 Å². The summed E-state index contributed by atoms with van der Waals surface area (Å²) in [4.78, 5) is 15.4. The summed E-state index contributed by atoms with van der Waals surface area (Å²) in [5.74, 6) is -0.0594.